The van der Waals surface area contributed by atoms with Gasteiger partial charge in [-0.3, -0.25) is 4.79 Å². The average Bonchev–Trinajstić information content (AvgIpc) is 2.75. The van der Waals surface area contributed by atoms with Gasteiger partial charge in [-0.25, -0.2) is 0 Å². The van der Waals surface area contributed by atoms with E-state index in [0.29, 0.717) is 23.5 Å². The van der Waals surface area contributed by atoms with Crippen molar-refractivity contribution in [3.05, 3.63) is 47.5 Å². The highest BCUT2D eigenvalue weighted by Gasteiger charge is 2.52. The van der Waals surface area contributed by atoms with Gasteiger partial charge in [-0.15, -0.1) is 0 Å². The number of carbonyl (C=O) groups is 1. The van der Waals surface area contributed by atoms with E-state index in [1.807, 2.05) is 6.08 Å². The van der Waals surface area contributed by atoms with Gasteiger partial charge in [0.15, 0.2) is 5.78 Å². The summed E-state index contributed by atoms with van der Waals surface area (Å²) < 4.78 is 0. The monoisotopic (exact) mass is 252 g/mol. The van der Waals surface area contributed by atoms with Gasteiger partial charge in [-0.2, -0.15) is 0 Å². The number of aryl methyl sites for hydroxylation is 1. The van der Waals surface area contributed by atoms with Gasteiger partial charge in [-0.1, -0.05) is 37.3 Å². The second-order valence-corrected chi connectivity index (χ2v) is 6.71. The summed E-state index contributed by atoms with van der Waals surface area (Å²) in [6, 6.07) is 8.93. The van der Waals surface area contributed by atoms with Crippen molar-refractivity contribution in [2.24, 2.45) is 17.3 Å². The first kappa shape index (κ1) is 11.5. The molecule has 4 rings (SSSR count). The van der Waals surface area contributed by atoms with Crippen molar-refractivity contribution in [3.8, 4) is 0 Å². The van der Waals surface area contributed by atoms with Crippen LogP contribution in [-0.2, 0) is 11.2 Å². The summed E-state index contributed by atoms with van der Waals surface area (Å²) in [6.45, 7) is 2.19. The van der Waals surface area contributed by atoms with Crippen molar-refractivity contribution in [2.45, 2.75) is 38.5 Å². The Morgan fingerprint density at radius 2 is 2.05 bits per heavy atom. The molecule has 4 atom stereocenters. The van der Waals surface area contributed by atoms with Crippen LogP contribution in [0.1, 0.15) is 43.2 Å². The standard InChI is InChI=1S/C18H20O/c1-18-11-10-14-13-5-3-2-4-12(13)6-7-15(14)16(18)8-9-17(18)19/h2-5,8-9,14-16H,6-7,10-11H2,1H3/t14-,15-,16+,18+/m1/s1. The minimum Gasteiger partial charge on any atom is -0.294 e. The van der Waals surface area contributed by atoms with Crippen LogP contribution in [0.4, 0.5) is 0 Å². The lowest BCUT2D eigenvalue weighted by Gasteiger charge is -2.48. The van der Waals surface area contributed by atoms with Crippen LogP contribution in [0.2, 0.25) is 0 Å². The molecule has 0 radical (unpaired) electrons. The first-order chi connectivity index (χ1) is 9.20. The molecule has 1 nitrogen and oxygen atoms in total. The molecule has 1 fully saturated rings. The van der Waals surface area contributed by atoms with E-state index in [0.717, 1.165) is 6.42 Å². The lowest BCUT2D eigenvalue weighted by Crippen LogP contribution is -2.42. The van der Waals surface area contributed by atoms with Crippen molar-refractivity contribution in [1.82, 2.24) is 0 Å². The predicted octanol–water partition coefficient (Wildman–Crippen LogP) is 3.89. The van der Waals surface area contributed by atoms with Gasteiger partial charge < -0.3 is 0 Å². The van der Waals surface area contributed by atoms with Gasteiger partial charge in [0.25, 0.3) is 0 Å². The Morgan fingerprint density at radius 3 is 2.95 bits per heavy atom. The third kappa shape index (κ3) is 1.45. The summed E-state index contributed by atoms with van der Waals surface area (Å²) in [4.78, 5) is 12.2. The molecule has 0 bridgehead atoms. The first-order valence-electron chi connectivity index (χ1n) is 7.50. The van der Waals surface area contributed by atoms with E-state index in [2.05, 4.69) is 37.3 Å². The van der Waals surface area contributed by atoms with Gasteiger partial charge in [-0.05, 0) is 60.6 Å². The highest BCUT2D eigenvalue weighted by Crippen LogP contribution is 2.57. The van der Waals surface area contributed by atoms with Crippen LogP contribution >= 0.6 is 0 Å². The lowest BCUT2D eigenvalue weighted by atomic mass is 9.55. The molecule has 0 spiro atoms. The number of hydrogen-bond donors (Lipinski definition) is 0. The Morgan fingerprint density at radius 1 is 1.21 bits per heavy atom. The van der Waals surface area contributed by atoms with Crippen LogP contribution in [0, 0.1) is 17.3 Å². The number of benzene rings is 1. The quantitative estimate of drug-likeness (QED) is 0.684. The fourth-order valence-electron chi connectivity index (χ4n) is 4.80. The van der Waals surface area contributed by atoms with Crippen LogP contribution in [0.15, 0.2) is 36.4 Å². The zero-order valence-electron chi connectivity index (χ0n) is 11.4. The Bertz CT molecular complexity index is 571. The second kappa shape index (κ2) is 3.82. The molecule has 19 heavy (non-hydrogen) atoms. The van der Waals surface area contributed by atoms with Crippen LogP contribution in [0.3, 0.4) is 0 Å². The fraction of sp³-hybridized carbons (Fsp3) is 0.500. The minimum absolute atomic E-state index is 0.0898. The Balaban J connectivity index is 1.76. The van der Waals surface area contributed by atoms with Crippen molar-refractivity contribution in [1.29, 1.82) is 0 Å². The zero-order chi connectivity index (χ0) is 13.0. The normalized spacial score (nSPS) is 39.6. The van der Waals surface area contributed by atoms with Gasteiger partial charge in [0, 0.05) is 5.41 Å². The van der Waals surface area contributed by atoms with Crippen LogP contribution < -0.4 is 0 Å². The molecular weight excluding hydrogens is 232 g/mol. The maximum atomic E-state index is 12.2. The smallest absolute Gasteiger partial charge is 0.161 e. The largest absolute Gasteiger partial charge is 0.294 e. The molecule has 0 aromatic heterocycles. The summed E-state index contributed by atoms with van der Waals surface area (Å²) >= 11 is 0. The van der Waals surface area contributed by atoms with Gasteiger partial charge in [0.2, 0.25) is 0 Å². The number of allylic oxidation sites excluding steroid dienone is 2. The topological polar surface area (TPSA) is 17.1 Å². The van der Waals surface area contributed by atoms with Crippen LogP contribution in [0.25, 0.3) is 0 Å². The highest BCUT2D eigenvalue weighted by molar-refractivity contribution is 5.97. The molecule has 1 aromatic carbocycles. The summed E-state index contributed by atoms with van der Waals surface area (Å²) in [5, 5.41) is 0. The zero-order valence-corrected chi connectivity index (χ0v) is 11.4. The van der Waals surface area contributed by atoms with Crippen LogP contribution in [0.5, 0.6) is 0 Å². The van der Waals surface area contributed by atoms with E-state index < -0.39 is 0 Å². The number of rotatable bonds is 0. The van der Waals surface area contributed by atoms with Gasteiger partial charge in [0.1, 0.15) is 0 Å². The third-order valence-electron chi connectivity index (χ3n) is 5.91. The van der Waals surface area contributed by atoms with E-state index in [4.69, 9.17) is 0 Å². The lowest BCUT2D eigenvalue weighted by molar-refractivity contribution is -0.126. The average molecular weight is 252 g/mol. The molecule has 0 amide bonds. The second-order valence-electron chi connectivity index (χ2n) is 6.71. The minimum atomic E-state index is -0.0898. The number of fused-ring (bicyclic) bond motifs is 5. The summed E-state index contributed by atoms with van der Waals surface area (Å²) in [7, 11) is 0. The molecule has 98 valence electrons. The van der Waals surface area contributed by atoms with Gasteiger partial charge in [0.05, 0.1) is 0 Å². The number of carbonyl (C=O) groups excluding carboxylic acids is 1. The molecule has 0 heterocycles. The molecule has 3 aliphatic rings. The first-order valence-corrected chi connectivity index (χ1v) is 7.50. The molecule has 0 N–H and O–H groups in total. The maximum absolute atomic E-state index is 12.2. The maximum Gasteiger partial charge on any atom is 0.161 e. The van der Waals surface area contributed by atoms with Crippen molar-refractivity contribution < 1.29 is 4.79 Å². The van der Waals surface area contributed by atoms with Crippen LogP contribution in [-0.4, -0.2) is 5.78 Å². The Hall–Kier alpha value is -1.37. The van der Waals surface area contributed by atoms with E-state index in [-0.39, 0.29) is 5.41 Å². The van der Waals surface area contributed by atoms with E-state index in [9.17, 15) is 4.79 Å². The Labute approximate surface area is 114 Å². The number of ketones is 1. The predicted molar refractivity (Wildman–Crippen MR) is 76.0 cm³/mol. The SMILES string of the molecule is C[C@]12CC[C@@H]3c4ccccc4CC[C@H]3[C@@H]1C=CC2=O. The molecular formula is C18H20O. The number of hydrogen-bond acceptors (Lipinski definition) is 1. The van der Waals surface area contributed by atoms with Gasteiger partial charge >= 0.3 is 0 Å². The van der Waals surface area contributed by atoms with E-state index in [1.54, 1.807) is 11.1 Å². The molecule has 3 aliphatic carbocycles. The molecule has 0 saturated heterocycles. The van der Waals surface area contributed by atoms with E-state index in [1.165, 1.54) is 19.3 Å². The Kier molecular flexibility index (Phi) is 2.30. The highest BCUT2D eigenvalue weighted by atomic mass is 16.1. The molecule has 1 saturated carbocycles. The molecule has 0 aliphatic heterocycles. The third-order valence-corrected chi connectivity index (χ3v) is 5.91. The van der Waals surface area contributed by atoms with Crippen molar-refractivity contribution in [2.75, 3.05) is 0 Å². The molecule has 1 heteroatoms. The van der Waals surface area contributed by atoms with Crippen molar-refractivity contribution >= 4 is 5.78 Å². The molecule has 0 unspecified atom stereocenters. The van der Waals surface area contributed by atoms with Crippen molar-refractivity contribution in [3.63, 3.8) is 0 Å². The molecule has 1 aromatic rings. The summed E-state index contributed by atoms with van der Waals surface area (Å²) in [5.74, 6) is 2.21. The fourth-order valence-corrected chi connectivity index (χ4v) is 4.80. The summed E-state index contributed by atoms with van der Waals surface area (Å²) in [5.41, 5.74) is 3.02. The van der Waals surface area contributed by atoms with E-state index >= 15 is 0 Å². The summed E-state index contributed by atoms with van der Waals surface area (Å²) in [6.07, 6.45) is 8.74.